The van der Waals surface area contributed by atoms with Crippen LogP contribution >= 0.6 is 0 Å². The molecule has 4 rings (SSSR count). The second-order valence-electron chi connectivity index (χ2n) is 7.55. The Bertz CT molecular complexity index is 639. The third-order valence-electron chi connectivity index (χ3n) is 6.20. The molecule has 1 fully saturated rings. The van der Waals surface area contributed by atoms with Crippen LogP contribution in [0.15, 0.2) is 48.2 Å². The monoisotopic (exact) mass is 279 g/mol. The Morgan fingerprint density at radius 2 is 1.90 bits per heavy atom. The molecule has 1 aromatic rings. The van der Waals surface area contributed by atoms with E-state index in [1.54, 1.807) is 11.3 Å². The number of fused-ring (bicyclic) bond motifs is 2. The van der Waals surface area contributed by atoms with Gasteiger partial charge in [-0.3, -0.25) is 0 Å². The van der Waals surface area contributed by atoms with Crippen molar-refractivity contribution >= 4 is 0 Å². The van der Waals surface area contributed by atoms with Gasteiger partial charge in [0.2, 0.25) is 0 Å². The maximum atomic E-state index is 2.74. The van der Waals surface area contributed by atoms with Crippen LogP contribution in [-0.4, -0.2) is 10.4 Å². The first-order chi connectivity index (χ1) is 10.0. The average Bonchev–Trinajstić information content (AvgIpc) is 2.81. The summed E-state index contributed by atoms with van der Waals surface area (Å²) in [5.41, 5.74) is 4.89. The van der Waals surface area contributed by atoms with Crippen LogP contribution in [0, 0.1) is 11.8 Å². The lowest BCUT2D eigenvalue weighted by Crippen LogP contribution is -2.50. The summed E-state index contributed by atoms with van der Waals surface area (Å²) in [5, 5.41) is 0. The molecule has 4 atom stereocenters. The van der Waals surface area contributed by atoms with Gasteiger partial charge in [0.25, 0.3) is 0 Å². The minimum absolute atomic E-state index is 0.255. The second-order valence-corrected chi connectivity index (χ2v) is 7.55. The molecule has 0 saturated carbocycles. The van der Waals surface area contributed by atoms with Crippen molar-refractivity contribution in [1.82, 2.24) is 4.90 Å². The number of hydrogen-bond donors (Lipinski definition) is 0. The van der Waals surface area contributed by atoms with E-state index >= 15 is 0 Å². The van der Waals surface area contributed by atoms with Gasteiger partial charge in [-0.05, 0) is 36.5 Å². The SMILES string of the molecule is CC(C)C1C[C@]2(C)[C@@H](C)c3ccccc3C3C=CC=C1N32. The van der Waals surface area contributed by atoms with Crippen LogP contribution in [0.5, 0.6) is 0 Å². The van der Waals surface area contributed by atoms with Gasteiger partial charge in [-0.2, -0.15) is 0 Å². The molecule has 0 aromatic heterocycles. The van der Waals surface area contributed by atoms with Crippen molar-refractivity contribution in [3.63, 3.8) is 0 Å². The molecule has 1 nitrogen and oxygen atoms in total. The minimum Gasteiger partial charge on any atom is -0.358 e. The molecule has 0 radical (unpaired) electrons. The van der Waals surface area contributed by atoms with Gasteiger partial charge in [0.15, 0.2) is 0 Å². The van der Waals surface area contributed by atoms with Crippen molar-refractivity contribution in [2.24, 2.45) is 11.8 Å². The summed E-state index contributed by atoms with van der Waals surface area (Å²) < 4.78 is 0. The molecule has 0 amide bonds. The molecule has 3 aliphatic rings. The summed E-state index contributed by atoms with van der Waals surface area (Å²) in [6.45, 7) is 9.65. The molecule has 21 heavy (non-hydrogen) atoms. The standard InChI is InChI=1S/C20H25N/c1-13(2)17-12-20(4)14(3)15-8-5-6-9-16(15)18-10-7-11-19(17)21(18)20/h5-11,13-14,17-18H,12H2,1-4H3/t14-,17?,18?,20+/m0/s1. The fraction of sp³-hybridized carbons (Fsp3) is 0.500. The van der Waals surface area contributed by atoms with Crippen LogP contribution < -0.4 is 0 Å². The number of allylic oxidation sites excluding steroid dienone is 3. The van der Waals surface area contributed by atoms with E-state index in [4.69, 9.17) is 0 Å². The summed E-state index contributed by atoms with van der Waals surface area (Å²) in [6.07, 6.45) is 8.32. The van der Waals surface area contributed by atoms with Gasteiger partial charge in [0.05, 0.1) is 6.04 Å². The summed E-state index contributed by atoms with van der Waals surface area (Å²) in [7, 11) is 0. The fourth-order valence-electron chi connectivity index (χ4n) is 4.86. The molecule has 3 aliphatic heterocycles. The highest BCUT2D eigenvalue weighted by atomic mass is 15.3. The zero-order chi connectivity index (χ0) is 14.8. The van der Waals surface area contributed by atoms with Crippen LogP contribution in [0.3, 0.4) is 0 Å². The van der Waals surface area contributed by atoms with Crippen LogP contribution in [0.2, 0.25) is 0 Å². The molecule has 110 valence electrons. The van der Waals surface area contributed by atoms with E-state index < -0.39 is 0 Å². The van der Waals surface area contributed by atoms with E-state index in [2.05, 4.69) is 75.1 Å². The van der Waals surface area contributed by atoms with Crippen LogP contribution in [0.4, 0.5) is 0 Å². The van der Waals surface area contributed by atoms with E-state index in [0.29, 0.717) is 23.8 Å². The van der Waals surface area contributed by atoms with Gasteiger partial charge in [0, 0.05) is 23.1 Å². The maximum absolute atomic E-state index is 2.74. The minimum atomic E-state index is 0.255. The lowest BCUT2D eigenvalue weighted by Gasteiger charge is -2.51. The Morgan fingerprint density at radius 3 is 2.62 bits per heavy atom. The largest absolute Gasteiger partial charge is 0.358 e. The number of rotatable bonds is 1. The third kappa shape index (κ3) is 1.58. The first-order valence-electron chi connectivity index (χ1n) is 8.30. The van der Waals surface area contributed by atoms with Gasteiger partial charge < -0.3 is 4.90 Å². The zero-order valence-electron chi connectivity index (χ0n) is 13.5. The van der Waals surface area contributed by atoms with Crippen LogP contribution in [0.25, 0.3) is 0 Å². The highest BCUT2D eigenvalue weighted by molar-refractivity contribution is 5.46. The highest BCUT2D eigenvalue weighted by Crippen LogP contribution is 2.59. The fourth-order valence-corrected chi connectivity index (χ4v) is 4.86. The van der Waals surface area contributed by atoms with Gasteiger partial charge in [-0.25, -0.2) is 0 Å². The Morgan fingerprint density at radius 1 is 1.19 bits per heavy atom. The normalized spacial score (nSPS) is 36.5. The smallest absolute Gasteiger partial charge is 0.0735 e. The summed E-state index contributed by atoms with van der Waals surface area (Å²) in [5.74, 6) is 1.99. The molecule has 3 heterocycles. The average molecular weight is 279 g/mol. The molecule has 1 heteroatoms. The van der Waals surface area contributed by atoms with E-state index in [0.717, 1.165) is 0 Å². The topological polar surface area (TPSA) is 3.24 Å². The van der Waals surface area contributed by atoms with Crippen molar-refractivity contribution in [3.8, 4) is 0 Å². The van der Waals surface area contributed by atoms with Crippen molar-refractivity contribution in [2.75, 3.05) is 0 Å². The molecule has 1 aromatic carbocycles. The Balaban J connectivity index is 1.93. The number of hydrogen-bond acceptors (Lipinski definition) is 1. The lowest BCUT2D eigenvalue weighted by molar-refractivity contribution is 0.106. The third-order valence-corrected chi connectivity index (χ3v) is 6.20. The quantitative estimate of drug-likeness (QED) is 0.696. The Hall–Kier alpha value is -1.50. The zero-order valence-corrected chi connectivity index (χ0v) is 13.5. The maximum Gasteiger partial charge on any atom is 0.0735 e. The van der Waals surface area contributed by atoms with E-state index in [1.807, 2.05) is 0 Å². The molecule has 0 N–H and O–H groups in total. The van der Waals surface area contributed by atoms with Gasteiger partial charge in [-0.15, -0.1) is 0 Å². The van der Waals surface area contributed by atoms with Crippen molar-refractivity contribution < 1.29 is 0 Å². The van der Waals surface area contributed by atoms with Crippen molar-refractivity contribution in [3.05, 3.63) is 59.3 Å². The molecule has 0 aliphatic carbocycles. The molecular weight excluding hydrogens is 254 g/mol. The van der Waals surface area contributed by atoms with Gasteiger partial charge in [-0.1, -0.05) is 57.2 Å². The number of benzene rings is 1. The van der Waals surface area contributed by atoms with Crippen LogP contribution in [0.1, 0.15) is 57.2 Å². The van der Waals surface area contributed by atoms with Crippen LogP contribution in [-0.2, 0) is 0 Å². The van der Waals surface area contributed by atoms with E-state index in [-0.39, 0.29) is 5.54 Å². The van der Waals surface area contributed by atoms with E-state index in [9.17, 15) is 0 Å². The second kappa shape index (κ2) is 4.25. The highest BCUT2D eigenvalue weighted by Gasteiger charge is 2.54. The number of nitrogens with zero attached hydrogens (tertiary/aromatic N) is 1. The molecule has 0 spiro atoms. The van der Waals surface area contributed by atoms with Gasteiger partial charge >= 0.3 is 0 Å². The van der Waals surface area contributed by atoms with Gasteiger partial charge in [0.1, 0.15) is 0 Å². The molecule has 0 bridgehead atoms. The van der Waals surface area contributed by atoms with Crippen molar-refractivity contribution in [2.45, 2.75) is 51.6 Å². The predicted molar refractivity (Wildman–Crippen MR) is 88.0 cm³/mol. The lowest BCUT2D eigenvalue weighted by atomic mass is 9.71. The first-order valence-corrected chi connectivity index (χ1v) is 8.30. The Kier molecular flexibility index (Phi) is 2.67. The van der Waals surface area contributed by atoms with Crippen molar-refractivity contribution in [1.29, 1.82) is 0 Å². The Labute approximate surface area is 128 Å². The predicted octanol–water partition coefficient (Wildman–Crippen LogP) is 5.04. The van der Waals surface area contributed by atoms with E-state index in [1.165, 1.54) is 12.0 Å². The molecule has 1 saturated heterocycles. The molecule has 2 unspecified atom stereocenters. The summed E-state index contributed by atoms with van der Waals surface area (Å²) in [4.78, 5) is 2.74. The first kappa shape index (κ1) is 13.2. The molecular formula is C20H25N. The summed E-state index contributed by atoms with van der Waals surface area (Å²) in [6, 6.07) is 9.50. The summed E-state index contributed by atoms with van der Waals surface area (Å²) >= 11 is 0.